The van der Waals surface area contributed by atoms with Crippen molar-refractivity contribution in [2.24, 2.45) is 7.05 Å². The summed E-state index contributed by atoms with van der Waals surface area (Å²) in [5, 5.41) is 3.93. The summed E-state index contributed by atoms with van der Waals surface area (Å²) >= 11 is 1.45. The van der Waals surface area contributed by atoms with Gasteiger partial charge < -0.3 is 14.8 Å². The van der Waals surface area contributed by atoms with E-state index in [1.165, 1.54) is 11.3 Å². The fourth-order valence-corrected chi connectivity index (χ4v) is 5.36. The third kappa shape index (κ3) is 5.39. The Labute approximate surface area is 219 Å². The molecule has 3 heterocycles. The quantitative estimate of drug-likeness (QED) is 0.284. The second-order valence-electron chi connectivity index (χ2n) is 8.97. The van der Waals surface area contributed by atoms with Gasteiger partial charge in [0, 0.05) is 48.7 Å². The molecule has 0 spiro atoms. The van der Waals surface area contributed by atoms with Gasteiger partial charge in [0.25, 0.3) is 5.91 Å². The molecule has 1 N–H and O–H groups in total. The van der Waals surface area contributed by atoms with Crippen molar-refractivity contribution in [1.82, 2.24) is 19.9 Å². The average molecular weight is 512 g/mol. The molecule has 5 aromatic rings. The second-order valence-corrected chi connectivity index (χ2v) is 10.0. The summed E-state index contributed by atoms with van der Waals surface area (Å²) in [6, 6.07) is 21.6. The van der Waals surface area contributed by atoms with Crippen molar-refractivity contribution in [1.29, 1.82) is 0 Å². The molecule has 0 saturated carbocycles. The first-order chi connectivity index (χ1) is 18.0. The van der Waals surface area contributed by atoms with Crippen LogP contribution in [0.5, 0.6) is 0 Å². The number of hydrogen-bond acceptors (Lipinski definition) is 5. The van der Waals surface area contributed by atoms with Crippen molar-refractivity contribution in [2.75, 3.05) is 11.4 Å². The van der Waals surface area contributed by atoms with E-state index in [0.29, 0.717) is 30.8 Å². The topological polar surface area (TPSA) is 80.1 Å². The Morgan fingerprint density at radius 3 is 2.68 bits per heavy atom. The maximum Gasteiger partial charge on any atom is 0.261 e. The van der Waals surface area contributed by atoms with E-state index in [2.05, 4.69) is 10.3 Å². The zero-order chi connectivity index (χ0) is 25.8. The number of para-hydroxylation sites is 2. The highest BCUT2D eigenvalue weighted by Crippen LogP contribution is 2.31. The van der Waals surface area contributed by atoms with Crippen LogP contribution < -0.4 is 10.2 Å². The van der Waals surface area contributed by atoms with Gasteiger partial charge in [-0.15, -0.1) is 11.3 Å². The number of nitrogens with one attached hydrogen (secondary N) is 1. The molecule has 0 aliphatic heterocycles. The fraction of sp³-hybridized carbons (Fsp3) is 0.241. The lowest BCUT2D eigenvalue weighted by molar-refractivity contribution is -0.118. The largest absolute Gasteiger partial charge is 0.351 e. The molecule has 0 aliphatic carbocycles. The van der Waals surface area contributed by atoms with Gasteiger partial charge in [-0.2, -0.15) is 0 Å². The number of fused-ring (bicyclic) bond motifs is 2. The summed E-state index contributed by atoms with van der Waals surface area (Å²) in [5.41, 5.74) is 3.70. The zero-order valence-electron chi connectivity index (χ0n) is 21.0. The summed E-state index contributed by atoms with van der Waals surface area (Å²) in [5.74, 6) is 0.776. The van der Waals surface area contributed by atoms with Gasteiger partial charge in [-0.05, 0) is 60.3 Å². The van der Waals surface area contributed by atoms with Crippen molar-refractivity contribution < 1.29 is 9.59 Å². The smallest absolute Gasteiger partial charge is 0.261 e. The van der Waals surface area contributed by atoms with E-state index >= 15 is 0 Å². The zero-order valence-corrected chi connectivity index (χ0v) is 21.8. The summed E-state index contributed by atoms with van der Waals surface area (Å²) in [7, 11) is 1.98. The molecule has 0 atom stereocenters. The molecular formula is C29H29N5O2S. The number of rotatable bonds is 9. The van der Waals surface area contributed by atoms with E-state index in [9.17, 15) is 9.59 Å². The Bertz CT molecular complexity index is 1560. The number of nitrogens with zero attached hydrogens (tertiary/aromatic N) is 4. The molecule has 5 rings (SSSR count). The summed E-state index contributed by atoms with van der Waals surface area (Å²) < 4.78 is 3.04. The predicted molar refractivity (Wildman–Crippen MR) is 149 cm³/mol. The lowest BCUT2D eigenvalue weighted by atomic mass is 10.2. The molecule has 2 aromatic carbocycles. The van der Waals surface area contributed by atoms with Crippen LogP contribution in [0.25, 0.3) is 21.1 Å². The Hall–Kier alpha value is -4.04. The number of anilines is 1. The summed E-state index contributed by atoms with van der Waals surface area (Å²) in [6.07, 6.45) is 3.65. The number of benzene rings is 2. The predicted octanol–water partition coefficient (Wildman–Crippen LogP) is 5.49. The molecule has 2 amide bonds. The average Bonchev–Trinajstić information content (AvgIpc) is 3.48. The lowest BCUT2D eigenvalue weighted by Crippen LogP contribution is -2.31. The Kier molecular flexibility index (Phi) is 7.28. The van der Waals surface area contributed by atoms with Crippen LogP contribution in [0.1, 0.15) is 41.0 Å². The number of thiophene rings is 1. The molecular weight excluding hydrogens is 482 g/mol. The number of pyridine rings is 1. The van der Waals surface area contributed by atoms with Gasteiger partial charge in [0.15, 0.2) is 0 Å². The van der Waals surface area contributed by atoms with Gasteiger partial charge in [-0.3, -0.25) is 14.6 Å². The van der Waals surface area contributed by atoms with Gasteiger partial charge >= 0.3 is 0 Å². The van der Waals surface area contributed by atoms with Crippen molar-refractivity contribution >= 4 is 50.0 Å². The van der Waals surface area contributed by atoms with Gasteiger partial charge in [0.1, 0.15) is 5.82 Å². The van der Waals surface area contributed by atoms with E-state index < -0.39 is 0 Å². The fourth-order valence-electron chi connectivity index (χ4n) is 4.40. The molecule has 8 heteroatoms. The number of amides is 2. The molecule has 0 saturated heterocycles. The number of aromatic nitrogens is 3. The third-order valence-corrected chi connectivity index (χ3v) is 7.49. The van der Waals surface area contributed by atoms with Crippen LogP contribution in [0, 0.1) is 0 Å². The summed E-state index contributed by atoms with van der Waals surface area (Å²) in [4.78, 5) is 37.5. The number of hydrogen-bond donors (Lipinski definition) is 1. The highest BCUT2D eigenvalue weighted by atomic mass is 32.1. The van der Waals surface area contributed by atoms with Crippen molar-refractivity contribution in [3.63, 3.8) is 0 Å². The molecule has 7 nitrogen and oxygen atoms in total. The maximum atomic E-state index is 13.2. The lowest BCUT2D eigenvalue weighted by Gasteiger charge is -2.23. The van der Waals surface area contributed by atoms with E-state index in [1.807, 2.05) is 85.3 Å². The minimum atomic E-state index is -0.0997. The summed E-state index contributed by atoms with van der Waals surface area (Å²) in [6.45, 7) is 2.90. The van der Waals surface area contributed by atoms with Gasteiger partial charge in [0.05, 0.1) is 22.5 Å². The maximum absolute atomic E-state index is 13.2. The number of imidazole rings is 1. The monoisotopic (exact) mass is 511 g/mol. The number of carbonyl (C=O) groups excluding carboxylic acids is 2. The Morgan fingerprint density at radius 1 is 1.05 bits per heavy atom. The molecule has 3 aromatic heterocycles. The van der Waals surface area contributed by atoms with Crippen molar-refractivity contribution in [2.45, 2.75) is 32.7 Å². The molecule has 0 aliphatic rings. The van der Waals surface area contributed by atoms with E-state index in [-0.39, 0.29) is 11.8 Å². The van der Waals surface area contributed by atoms with Gasteiger partial charge in [-0.25, -0.2) is 4.98 Å². The van der Waals surface area contributed by atoms with Gasteiger partial charge in [0.2, 0.25) is 5.91 Å². The van der Waals surface area contributed by atoms with E-state index in [4.69, 9.17) is 4.98 Å². The van der Waals surface area contributed by atoms with Crippen LogP contribution in [0.15, 0.2) is 72.9 Å². The highest BCUT2D eigenvalue weighted by Gasteiger charge is 2.20. The minimum absolute atomic E-state index is 0.0524. The minimum Gasteiger partial charge on any atom is -0.351 e. The van der Waals surface area contributed by atoms with Crippen molar-refractivity contribution in [3.8, 4) is 0 Å². The second kappa shape index (κ2) is 10.9. The first kappa shape index (κ1) is 24.6. The van der Waals surface area contributed by atoms with E-state index in [0.717, 1.165) is 44.7 Å². The van der Waals surface area contributed by atoms with Crippen LogP contribution in [0.3, 0.4) is 0 Å². The number of carbonyl (C=O) groups is 2. The molecule has 0 radical (unpaired) electrons. The van der Waals surface area contributed by atoms with Crippen LogP contribution in [0.4, 0.5) is 5.69 Å². The normalized spacial score (nSPS) is 11.2. The molecule has 0 unspecified atom stereocenters. The molecule has 37 heavy (non-hydrogen) atoms. The first-order valence-corrected chi connectivity index (χ1v) is 13.3. The van der Waals surface area contributed by atoms with Crippen molar-refractivity contribution in [3.05, 3.63) is 89.3 Å². The van der Waals surface area contributed by atoms with Crippen LogP contribution >= 0.6 is 11.3 Å². The molecule has 188 valence electrons. The van der Waals surface area contributed by atoms with E-state index in [1.54, 1.807) is 11.1 Å². The van der Waals surface area contributed by atoms with Crippen LogP contribution in [-0.4, -0.2) is 32.9 Å². The number of aryl methyl sites for hydroxylation is 1. The molecule has 0 fully saturated rings. The Balaban J connectivity index is 1.37. The first-order valence-electron chi connectivity index (χ1n) is 12.5. The van der Waals surface area contributed by atoms with Crippen LogP contribution in [0.2, 0.25) is 0 Å². The Morgan fingerprint density at radius 2 is 1.89 bits per heavy atom. The standard InChI is InChI=1S/C29H29N5O2S/c1-3-8-28(35)34(19-27-32-23-10-4-5-11-24(23)33(27)2)22-12-13-25-20(17-22)18-26(37-25)29(36)31-16-14-21-9-6-7-15-30-21/h4-7,9-13,15,17-18H,3,8,14,16,19H2,1-2H3,(H,31,36). The molecule has 0 bridgehead atoms. The SMILES string of the molecule is CCCC(=O)N(Cc1nc2ccccc2n1C)c1ccc2sc(C(=O)NCCc3ccccn3)cc2c1. The third-order valence-electron chi connectivity index (χ3n) is 6.37. The highest BCUT2D eigenvalue weighted by molar-refractivity contribution is 7.20. The van der Waals surface area contributed by atoms with Crippen LogP contribution in [-0.2, 0) is 24.8 Å². The van der Waals surface area contributed by atoms with Gasteiger partial charge in [-0.1, -0.05) is 25.1 Å².